The maximum Gasteiger partial charge on any atom is 0.227 e. The summed E-state index contributed by atoms with van der Waals surface area (Å²) < 4.78 is 0. The summed E-state index contributed by atoms with van der Waals surface area (Å²) in [5.41, 5.74) is 2.37. The SMILES string of the molecule is C[C@H](CCc1ccccc1)NC(=O)[C@@H](C)c1ccccc1. The van der Waals surface area contributed by atoms with Crippen LogP contribution in [0.25, 0.3) is 0 Å². The summed E-state index contributed by atoms with van der Waals surface area (Å²) in [6.45, 7) is 4.02. The zero-order valence-corrected chi connectivity index (χ0v) is 12.8. The Balaban J connectivity index is 1.82. The topological polar surface area (TPSA) is 29.1 Å². The third-order valence-electron chi connectivity index (χ3n) is 3.79. The van der Waals surface area contributed by atoms with Crippen molar-refractivity contribution in [2.75, 3.05) is 0 Å². The molecule has 0 bridgehead atoms. The summed E-state index contributed by atoms with van der Waals surface area (Å²) in [4.78, 5) is 12.3. The Hall–Kier alpha value is -2.09. The molecule has 2 atom stereocenters. The van der Waals surface area contributed by atoms with E-state index in [1.54, 1.807) is 0 Å². The van der Waals surface area contributed by atoms with Gasteiger partial charge in [-0.05, 0) is 37.8 Å². The van der Waals surface area contributed by atoms with E-state index in [1.807, 2.05) is 43.3 Å². The molecule has 2 aromatic rings. The Labute approximate surface area is 127 Å². The van der Waals surface area contributed by atoms with Gasteiger partial charge in [-0.25, -0.2) is 0 Å². The van der Waals surface area contributed by atoms with Gasteiger partial charge in [0, 0.05) is 6.04 Å². The molecule has 1 N–H and O–H groups in total. The fraction of sp³-hybridized carbons (Fsp3) is 0.316. The lowest BCUT2D eigenvalue weighted by atomic mass is 9.99. The van der Waals surface area contributed by atoms with Crippen molar-refractivity contribution >= 4 is 5.91 Å². The van der Waals surface area contributed by atoms with Gasteiger partial charge < -0.3 is 5.32 Å². The molecule has 0 aliphatic rings. The van der Waals surface area contributed by atoms with Crippen molar-refractivity contribution < 1.29 is 4.79 Å². The summed E-state index contributed by atoms with van der Waals surface area (Å²) in [7, 11) is 0. The molecule has 0 aromatic heterocycles. The summed E-state index contributed by atoms with van der Waals surface area (Å²) >= 11 is 0. The van der Waals surface area contributed by atoms with E-state index in [1.165, 1.54) is 5.56 Å². The lowest BCUT2D eigenvalue weighted by Crippen LogP contribution is -2.35. The van der Waals surface area contributed by atoms with E-state index in [-0.39, 0.29) is 17.9 Å². The van der Waals surface area contributed by atoms with Gasteiger partial charge in [0.15, 0.2) is 0 Å². The van der Waals surface area contributed by atoms with Crippen LogP contribution in [0.2, 0.25) is 0 Å². The number of rotatable bonds is 6. The largest absolute Gasteiger partial charge is 0.353 e. The van der Waals surface area contributed by atoms with Gasteiger partial charge in [-0.2, -0.15) is 0 Å². The molecule has 2 nitrogen and oxygen atoms in total. The van der Waals surface area contributed by atoms with Crippen molar-refractivity contribution in [3.63, 3.8) is 0 Å². The molecular weight excluding hydrogens is 258 g/mol. The third kappa shape index (κ3) is 4.75. The highest BCUT2D eigenvalue weighted by atomic mass is 16.1. The predicted octanol–water partition coefficient (Wildman–Crippen LogP) is 3.93. The van der Waals surface area contributed by atoms with Crippen LogP contribution in [-0.2, 0) is 11.2 Å². The zero-order valence-electron chi connectivity index (χ0n) is 12.8. The first-order chi connectivity index (χ1) is 10.2. The Bertz CT molecular complexity index is 550. The van der Waals surface area contributed by atoms with Crippen molar-refractivity contribution in [3.8, 4) is 0 Å². The van der Waals surface area contributed by atoms with E-state index in [2.05, 4.69) is 36.5 Å². The maximum atomic E-state index is 12.3. The highest BCUT2D eigenvalue weighted by molar-refractivity contribution is 5.83. The minimum atomic E-state index is -0.106. The quantitative estimate of drug-likeness (QED) is 0.854. The van der Waals surface area contributed by atoms with Gasteiger partial charge in [0.2, 0.25) is 5.91 Å². The molecule has 0 saturated carbocycles. The first-order valence-electron chi connectivity index (χ1n) is 7.56. The van der Waals surface area contributed by atoms with Crippen LogP contribution < -0.4 is 5.32 Å². The average Bonchev–Trinajstić information content (AvgIpc) is 2.54. The zero-order chi connectivity index (χ0) is 15.1. The van der Waals surface area contributed by atoms with Crippen LogP contribution in [0, 0.1) is 0 Å². The van der Waals surface area contributed by atoms with Gasteiger partial charge in [-0.15, -0.1) is 0 Å². The molecule has 2 aromatic carbocycles. The molecule has 0 heterocycles. The molecule has 2 rings (SSSR count). The number of benzene rings is 2. The van der Waals surface area contributed by atoms with E-state index in [0.29, 0.717) is 0 Å². The van der Waals surface area contributed by atoms with Gasteiger partial charge in [0.05, 0.1) is 5.92 Å². The van der Waals surface area contributed by atoms with Gasteiger partial charge in [0.25, 0.3) is 0 Å². The van der Waals surface area contributed by atoms with Crippen LogP contribution in [0.5, 0.6) is 0 Å². The number of carbonyl (C=O) groups excluding carboxylic acids is 1. The van der Waals surface area contributed by atoms with Crippen molar-refractivity contribution in [1.82, 2.24) is 5.32 Å². The Morgan fingerprint density at radius 2 is 1.52 bits per heavy atom. The fourth-order valence-electron chi connectivity index (χ4n) is 2.36. The van der Waals surface area contributed by atoms with Gasteiger partial charge in [-0.3, -0.25) is 4.79 Å². The molecule has 0 radical (unpaired) electrons. The lowest BCUT2D eigenvalue weighted by Gasteiger charge is -2.18. The van der Waals surface area contributed by atoms with Crippen LogP contribution in [0.3, 0.4) is 0 Å². The number of nitrogens with one attached hydrogen (secondary N) is 1. The van der Waals surface area contributed by atoms with Crippen LogP contribution in [0.4, 0.5) is 0 Å². The Morgan fingerprint density at radius 3 is 2.14 bits per heavy atom. The van der Waals surface area contributed by atoms with Crippen molar-refractivity contribution in [2.24, 2.45) is 0 Å². The van der Waals surface area contributed by atoms with E-state index in [9.17, 15) is 4.79 Å². The van der Waals surface area contributed by atoms with Crippen LogP contribution in [0.15, 0.2) is 60.7 Å². The number of hydrogen-bond acceptors (Lipinski definition) is 1. The molecule has 0 aliphatic carbocycles. The Morgan fingerprint density at radius 1 is 0.952 bits per heavy atom. The van der Waals surface area contributed by atoms with Crippen molar-refractivity contribution in [3.05, 3.63) is 71.8 Å². The van der Waals surface area contributed by atoms with Gasteiger partial charge in [0.1, 0.15) is 0 Å². The van der Waals surface area contributed by atoms with Gasteiger partial charge in [-0.1, -0.05) is 60.7 Å². The van der Waals surface area contributed by atoms with Gasteiger partial charge >= 0.3 is 0 Å². The molecule has 1 amide bonds. The molecule has 110 valence electrons. The minimum Gasteiger partial charge on any atom is -0.353 e. The molecule has 0 aliphatic heterocycles. The summed E-state index contributed by atoms with van der Waals surface area (Å²) in [6, 6.07) is 20.5. The van der Waals surface area contributed by atoms with E-state index in [0.717, 1.165) is 18.4 Å². The fourth-order valence-corrected chi connectivity index (χ4v) is 2.36. The average molecular weight is 281 g/mol. The first-order valence-corrected chi connectivity index (χ1v) is 7.56. The minimum absolute atomic E-state index is 0.0989. The lowest BCUT2D eigenvalue weighted by molar-refractivity contribution is -0.122. The monoisotopic (exact) mass is 281 g/mol. The van der Waals surface area contributed by atoms with Crippen LogP contribution in [0.1, 0.15) is 37.3 Å². The molecule has 0 saturated heterocycles. The highest BCUT2D eigenvalue weighted by Gasteiger charge is 2.16. The molecule has 21 heavy (non-hydrogen) atoms. The van der Waals surface area contributed by atoms with Crippen LogP contribution in [-0.4, -0.2) is 11.9 Å². The Kier molecular flexibility index (Phi) is 5.56. The molecular formula is C19H23NO. The molecule has 0 unspecified atom stereocenters. The highest BCUT2D eigenvalue weighted by Crippen LogP contribution is 2.15. The number of carbonyl (C=O) groups is 1. The number of hydrogen-bond donors (Lipinski definition) is 1. The number of aryl methyl sites for hydroxylation is 1. The number of amides is 1. The summed E-state index contributed by atoms with van der Waals surface area (Å²) in [6.07, 6.45) is 1.94. The second kappa shape index (κ2) is 7.63. The molecule has 0 spiro atoms. The third-order valence-corrected chi connectivity index (χ3v) is 3.79. The maximum absolute atomic E-state index is 12.3. The first kappa shape index (κ1) is 15.3. The van der Waals surface area contributed by atoms with Crippen molar-refractivity contribution in [1.29, 1.82) is 0 Å². The summed E-state index contributed by atoms with van der Waals surface area (Å²) in [5.74, 6) is -0.00728. The standard InChI is InChI=1S/C19H23NO/c1-15(13-14-17-9-5-3-6-10-17)20-19(21)16(2)18-11-7-4-8-12-18/h3-12,15-16H,13-14H2,1-2H3,(H,20,21)/t15-,16+/m1/s1. The van der Waals surface area contributed by atoms with E-state index < -0.39 is 0 Å². The predicted molar refractivity (Wildman–Crippen MR) is 87.2 cm³/mol. The second-order valence-electron chi connectivity index (χ2n) is 5.57. The summed E-state index contributed by atoms with van der Waals surface area (Å²) in [5, 5.41) is 3.11. The van der Waals surface area contributed by atoms with Crippen LogP contribution >= 0.6 is 0 Å². The van der Waals surface area contributed by atoms with E-state index >= 15 is 0 Å². The molecule has 0 fully saturated rings. The van der Waals surface area contributed by atoms with Crippen molar-refractivity contribution in [2.45, 2.75) is 38.6 Å². The normalized spacial score (nSPS) is 13.4. The smallest absolute Gasteiger partial charge is 0.227 e. The molecule has 2 heteroatoms. The van der Waals surface area contributed by atoms with E-state index in [4.69, 9.17) is 0 Å². The second-order valence-corrected chi connectivity index (χ2v) is 5.57.